The highest BCUT2D eigenvalue weighted by Gasteiger charge is 2.16. The van der Waals surface area contributed by atoms with Crippen molar-refractivity contribution in [3.8, 4) is 0 Å². The molecule has 0 aromatic heterocycles. The predicted octanol–water partition coefficient (Wildman–Crippen LogP) is 7.69. The van der Waals surface area contributed by atoms with Gasteiger partial charge in [-0.05, 0) is 48.9 Å². The van der Waals surface area contributed by atoms with E-state index in [4.69, 9.17) is 34.8 Å². The first kappa shape index (κ1) is 18.5. The Labute approximate surface area is 176 Å². The van der Waals surface area contributed by atoms with Gasteiger partial charge in [0.1, 0.15) is 0 Å². The molecule has 1 aliphatic rings. The molecule has 0 amide bonds. The fourth-order valence-electron chi connectivity index (χ4n) is 2.72. The number of hydrogen-bond donors (Lipinski definition) is 2. The zero-order valence-corrected chi connectivity index (χ0v) is 17.3. The summed E-state index contributed by atoms with van der Waals surface area (Å²) in [6.45, 7) is 1.93. The number of nitrogens with zero attached hydrogens (tertiary/aromatic N) is 1. The van der Waals surface area contributed by atoms with E-state index < -0.39 is 0 Å². The van der Waals surface area contributed by atoms with Gasteiger partial charge in [-0.1, -0.05) is 64.8 Å². The molecular formula is C20H14Cl3N3S. The Bertz CT molecular complexity index is 1040. The van der Waals surface area contributed by atoms with Crippen molar-refractivity contribution >= 4 is 69.3 Å². The zero-order chi connectivity index (χ0) is 19.0. The molecular weight excluding hydrogens is 421 g/mol. The summed E-state index contributed by atoms with van der Waals surface area (Å²) >= 11 is 20.1. The van der Waals surface area contributed by atoms with Gasteiger partial charge in [0, 0.05) is 14.8 Å². The maximum absolute atomic E-state index is 6.19. The van der Waals surface area contributed by atoms with E-state index in [1.807, 2.05) is 25.1 Å². The topological polar surface area (TPSA) is 36.4 Å². The maximum Gasteiger partial charge on any atom is 0.0935 e. The van der Waals surface area contributed by atoms with Gasteiger partial charge in [-0.2, -0.15) is 5.10 Å². The number of nitrogens with one attached hydrogen (secondary N) is 2. The lowest BCUT2D eigenvalue weighted by atomic mass is 10.1. The molecule has 0 radical (unpaired) electrons. The normalized spacial score (nSPS) is 12.8. The van der Waals surface area contributed by atoms with Crippen LogP contribution in [0.15, 0.2) is 69.5 Å². The Hall–Kier alpha value is -1.85. The minimum absolute atomic E-state index is 0.421. The zero-order valence-electron chi connectivity index (χ0n) is 14.2. The molecule has 0 aliphatic carbocycles. The van der Waals surface area contributed by atoms with Gasteiger partial charge in [0.2, 0.25) is 0 Å². The number of rotatable bonds is 3. The van der Waals surface area contributed by atoms with Crippen LogP contribution in [0, 0.1) is 0 Å². The van der Waals surface area contributed by atoms with Crippen LogP contribution < -0.4 is 10.7 Å². The van der Waals surface area contributed by atoms with Crippen molar-refractivity contribution in [2.75, 3.05) is 10.7 Å². The molecule has 3 aromatic carbocycles. The minimum Gasteiger partial charge on any atom is -0.354 e. The molecule has 0 saturated heterocycles. The van der Waals surface area contributed by atoms with Gasteiger partial charge in [-0.25, -0.2) is 0 Å². The summed E-state index contributed by atoms with van der Waals surface area (Å²) in [4.78, 5) is 2.40. The molecule has 7 heteroatoms. The minimum atomic E-state index is 0.421. The molecule has 0 fully saturated rings. The van der Waals surface area contributed by atoms with E-state index in [9.17, 15) is 0 Å². The van der Waals surface area contributed by atoms with Crippen LogP contribution in [0.1, 0.15) is 12.5 Å². The smallest absolute Gasteiger partial charge is 0.0935 e. The summed E-state index contributed by atoms with van der Waals surface area (Å²) in [7, 11) is 0. The summed E-state index contributed by atoms with van der Waals surface area (Å²) < 4.78 is 0. The Morgan fingerprint density at radius 2 is 1.63 bits per heavy atom. The van der Waals surface area contributed by atoms with Crippen LogP contribution in [0.25, 0.3) is 0 Å². The third-order valence-electron chi connectivity index (χ3n) is 4.12. The molecule has 3 aromatic rings. The third kappa shape index (κ3) is 3.90. The van der Waals surface area contributed by atoms with E-state index in [0.29, 0.717) is 20.8 Å². The molecule has 0 unspecified atom stereocenters. The van der Waals surface area contributed by atoms with Crippen LogP contribution in [0.3, 0.4) is 0 Å². The molecule has 4 rings (SSSR count). The second-order valence-corrected chi connectivity index (χ2v) is 8.32. The van der Waals surface area contributed by atoms with Crippen LogP contribution in [0.5, 0.6) is 0 Å². The molecule has 0 saturated carbocycles. The van der Waals surface area contributed by atoms with Crippen LogP contribution in [0.2, 0.25) is 15.1 Å². The summed E-state index contributed by atoms with van der Waals surface area (Å²) in [5.74, 6) is 0. The molecule has 2 N–H and O–H groups in total. The summed E-state index contributed by atoms with van der Waals surface area (Å²) in [6.07, 6.45) is 0. The van der Waals surface area contributed by atoms with Gasteiger partial charge in [0.25, 0.3) is 0 Å². The Kier molecular flexibility index (Phi) is 5.24. The van der Waals surface area contributed by atoms with Gasteiger partial charge < -0.3 is 5.32 Å². The van der Waals surface area contributed by atoms with Gasteiger partial charge in [-0.3, -0.25) is 5.43 Å². The average molecular weight is 435 g/mol. The largest absolute Gasteiger partial charge is 0.354 e. The molecule has 3 nitrogen and oxygen atoms in total. The van der Waals surface area contributed by atoms with Gasteiger partial charge in [0.05, 0.1) is 32.8 Å². The van der Waals surface area contributed by atoms with Crippen molar-refractivity contribution in [2.24, 2.45) is 5.10 Å². The third-order valence-corrected chi connectivity index (χ3v) is 6.08. The predicted molar refractivity (Wildman–Crippen MR) is 118 cm³/mol. The van der Waals surface area contributed by atoms with Crippen LogP contribution in [0.4, 0.5) is 17.1 Å². The number of halogens is 3. The number of hydrazone groups is 1. The highest BCUT2D eigenvalue weighted by Crippen LogP contribution is 2.44. The van der Waals surface area contributed by atoms with E-state index >= 15 is 0 Å². The van der Waals surface area contributed by atoms with E-state index in [2.05, 4.69) is 40.1 Å². The van der Waals surface area contributed by atoms with Crippen molar-refractivity contribution in [2.45, 2.75) is 16.7 Å². The second-order valence-electron chi connectivity index (χ2n) is 5.99. The lowest BCUT2D eigenvalue weighted by molar-refractivity contribution is 1.29. The lowest BCUT2D eigenvalue weighted by Crippen LogP contribution is -2.04. The molecule has 136 valence electrons. The molecule has 27 heavy (non-hydrogen) atoms. The lowest BCUT2D eigenvalue weighted by Gasteiger charge is -2.21. The average Bonchev–Trinajstić information content (AvgIpc) is 2.64. The highest BCUT2D eigenvalue weighted by molar-refractivity contribution is 7.99. The molecule has 1 aliphatic heterocycles. The Morgan fingerprint density at radius 3 is 2.41 bits per heavy atom. The fraction of sp³-hybridized carbons (Fsp3) is 0.0500. The van der Waals surface area contributed by atoms with E-state index in [-0.39, 0.29) is 0 Å². The van der Waals surface area contributed by atoms with Crippen LogP contribution in [-0.2, 0) is 0 Å². The molecule has 1 heterocycles. The first-order valence-electron chi connectivity index (χ1n) is 8.14. The Balaban J connectivity index is 1.59. The van der Waals surface area contributed by atoms with Crippen LogP contribution in [-0.4, -0.2) is 5.71 Å². The summed E-state index contributed by atoms with van der Waals surface area (Å²) in [5.41, 5.74) is 7.45. The number of para-hydroxylation sites is 1. The van der Waals surface area contributed by atoms with Crippen molar-refractivity contribution in [1.29, 1.82) is 0 Å². The quantitative estimate of drug-likeness (QED) is 0.256. The maximum atomic E-state index is 6.19. The van der Waals surface area contributed by atoms with E-state index in [0.717, 1.165) is 22.6 Å². The SMILES string of the molecule is CC(=NNc1c(Cl)cc(Cl)cc1Cl)c1ccc2c(c1)Nc1ccccc1S2. The van der Waals surface area contributed by atoms with Gasteiger partial charge in [0.15, 0.2) is 0 Å². The van der Waals surface area contributed by atoms with Gasteiger partial charge >= 0.3 is 0 Å². The fourth-order valence-corrected chi connectivity index (χ4v) is 4.59. The first-order valence-corrected chi connectivity index (χ1v) is 10.1. The summed E-state index contributed by atoms with van der Waals surface area (Å²) in [6, 6.07) is 17.7. The number of anilines is 3. The second kappa shape index (κ2) is 7.64. The highest BCUT2D eigenvalue weighted by atomic mass is 35.5. The molecule has 0 bridgehead atoms. The number of fused-ring (bicyclic) bond motifs is 2. The van der Waals surface area contributed by atoms with Gasteiger partial charge in [-0.15, -0.1) is 0 Å². The van der Waals surface area contributed by atoms with E-state index in [1.165, 1.54) is 9.79 Å². The van der Waals surface area contributed by atoms with Crippen molar-refractivity contribution in [1.82, 2.24) is 0 Å². The van der Waals surface area contributed by atoms with E-state index in [1.54, 1.807) is 23.9 Å². The molecule has 0 atom stereocenters. The standard InChI is InChI=1S/C20H14Cl3N3S/c1-11(25-26-20-14(22)9-13(21)10-15(20)23)12-6-7-19-17(8-12)24-16-4-2-3-5-18(16)27-19/h2-10,24,26H,1H3. The van der Waals surface area contributed by atoms with Crippen molar-refractivity contribution in [3.63, 3.8) is 0 Å². The van der Waals surface area contributed by atoms with Crippen molar-refractivity contribution in [3.05, 3.63) is 75.2 Å². The monoisotopic (exact) mass is 433 g/mol. The first-order chi connectivity index (χ1) is 13.0. The summed E-state index contributed by atoms with van der Waals surface area (Å²) in [5, 5.41) is 9.23. The molecule has 0 spiro atoms. The van der Waals surface area contributed by atoms with Crippen molar-refractivity contribution < 1.29 is 0 Å². The number of hydrogen-bond acceptors (Lipinski definition) is 4. The Morgan fingerprint density at radius 1 is 0.926 bits per heavy atom. The van der Waals surface area contributed by atoms with Crippen LogP contribution >= 0.6 is 46.6 Å². The number of benzene rings is 3.